The van der Waals surface area contributed by atoms with Crippen molar-refractivity contribution in [2.24, 2.45) is 14.1 Å². The molecule has 0 unspecified atom stereocenters. The normalized spacial score (nSPS) is 11.9. The maximum Gasteiger partial charge on any atom is 0.332 e. The van der Waals surface area contributed by atoms with Crippen LogP contribution in [0.25, 0.3) is 11.2 Å². The quantitative estimate of drug-likeness (QED) is 0.114. The molecule has 0 atom stereocenters. The maximum absolute atomic E-state index is 12.7. The fraction of sp³-hybridized carbons (Fsp3) is 0.781. The summed E-state index contributed by atoms with van der Waals surface area (Å²) in [5.74, 6) is 0. The van der Waals surface area contributed by atoms with E-state index in [4.69, 9.17) is 0 Å². The van der Waals surface area contributed by atoms with Crippen LogP contribution in [-0.2, 0) is 20.6 Å². The van der Waals surface area contributed by atoms with Gasteiger partial charge in [-0.05, 0) is 51.6 Å². The van der Waals surface area contributed by atoms with Gasteiger partial charge in [0.2, 0.25) is 0 Å². The van der Waals surface area contributed by atoms with Crippen molar-refractivity contribution < 1.29 is 0 Å². The molecule has 7 heteroatoms. The second-order valence-electron chi connectivity index (χ2n) is 11.3. The van der Waals surface area contributed by atoms with Gasteiger partial charge >= 0.3 is 5.69 Å². The molecule has 39 heavy (non-hydrogen) atoms. The fourth-order valence-corrected chi connectivity index (χ4v) is 5.25. The van der Waals surface area contributed by atoms with Crippen LogP contribution in [0.4, 0.5) is 0 Å². The number of rotatable bonds is 24. The van der Waals surface area contributed by atoms with E-state index in [1.165, 1.54) is 125 Å². The van der Waals surface area contributed by atoms with Crippen LogP contribution >= 0.6 is 0 Å². The van der Waals surface area contributed by atoms with E-state index in [9.17, 15) is 9.59 Å². The van der Waals surface area contributed by atoms with Gasteiger partial charge in [0.15, 0.2) is 11.2 Å². The number of fused-ring (bicyclic) bond motifs is 1. The Morgan fingerprint density at radius 1 is 0.718 bits per heavy atom. The minimum Gasteiger partial charge on any atom is -0.328 e. The van der Waals surface area contributed by atoms with E-state index in [0.717, 1.165) is 19.4 Å². The van der Waals surface area contributed by atoms with Gasteiger partial charge in [-0.3, -0.25) is 13.9 Å². The lowest BCUT2D eigenvalue weighted by atomic mass is 10.1. The summed E-state index contributed by atoms with van der Waals surface area (Å²) < 4.78 is 4.54. The highest BCUT2D eigenvalue weighted by Crippen LogP contribution is 2.11. The van der Waals surface area contributed by atoms with Crippen LogP contribution in [0.15, 0.2) is 28.1 Å². The summed E-state index contributed by atoms with van der Waals surface area (Å²) in [6.07, 6.45) is 30.5. The Kier molecular flexibility index (Phi) is 17.6. The van der Waals surface area contributed by atoms with Crippen LogP contribution in [0.1, 0.15) is 129 Å². The highest BCUT2D eigenvalue weighted by Gasteiger charge is 2.14. The molecule has 0 spiro atoms. The number of hydrogen-bond acceptors (Lipinski definition) is 4. The molecule has 2 rings (SSSR count). The predicted molar refractivity (Wildman–Crippen MR) is 166 cm³/mol. The Hall–Kier alpha value is -2.15. The number of aryl methyl sites for hydroxylation is 2. The van der Waals surface area contributed by atoms with E-state index in [0.29, 0.717) is 17.7 Å². The van der Waals surface area contributed by atoms with Gasteiger partial charge in [0.1, 0.15) is 0 Å². The second-order valence-corrected chi connectivity index (χ2v) is 11.3. The SMILES string of the molecule is CCCCC=CCCCCCCCCNCCCCCCCCCCCn1c(=O)c2c(ncn2C)n(C)c1=O. The van der Waals surface area contributed by atoms with Crippen molar-refractivity contribution in [3.63, 3.8) is 0 Å². The molecule has 0 aliphatic carbocycles. The smallest absolute Gasteiger partial charge is 0.328 e. The summed E-state index contributed by atoms with van der Waals surface area (Å²) in [5.41, 5.74) is 0.454. The van der Waals surface area contributed by atoms with Gasteiger partial charge in [0.05, 0.1) is 6.33 Å². The third kappa shape index (κ3) is 12.7. The molecular weight excluding hydrogens is 486 g/mol. The molecule has 2 heterocycles. The van der Waals surface area contributed by atoms with Crippen molar-refractivity contribution in [2.45, 2.75) is 135 Å². The molecule has 2 aromatic rings. The van der Waals surface area contributed by atoms with E-state index >= 15 is 0 Å². The first-order valence-corrected chi connectivity index (χ1v) is 16.0. The Morgan fingerprint density at radius 3 is 1.82 bits per heavy atom. The van der Waals surface area contributed by atoms with Gasteiger partial charge in [-0.1, -0.05) is 103 Å². The fourth-order valence-electron chi connectivity index (χ4n) is 5.25. The number of aromatic nitrogens is 4. The van der Waals surface area contributed by atoms with Crippen LogP contribution in [0, 0.1) is 0 Å². The average Bonchev–Trinajstić information content (AvgIpc) is 3.33. The van der Waals surface area contributed by atoms with Crippen molar-refractivity contribution in [3.05, 3.63) is 39.3 Å². The minimum atomic E-state index is -0.271. The van der Waals surface area contributed by atoms with Crippen molar-refractivity contribution in [1.29, 1.82) is 0 Å². The van der Waals surface area contributed by atoms with Gasteiger partial charge in [-0.25, -0.2) is 9.78 Å². The van der Waals surface area contributed by atoms with E-state index in [-0.39, 0.29) is 11.2 Å². The monoisotopic (exact) mass is 543 g/mol. The van der Waals surface area contributed by atoms with Gasteiger partial charge in [-0.2, -0.15) is 0 Å². The molecule has 7 nitrogen and oxygen atoms in total. The van der Waals surface area contributed by atoms with Gasteiger partial charge < -0.3 is 9.88 Å². The molecule has 0 fully saturated rings. The molecule has 0 saturated heterocycles. The first kappa shape index (κ1) is 33.1. The molecule has 0 aromatic carbocycles. The number of nitrogens with zero attached hydrogens (tertiary/aromatic N) is 4. The van der Waals surface area contributed by atoms with E-state index in [1.807, 2.05) is 0 Å². The highest BCUT2D eigenvalue weighted by atomic mass is 16.2. The highest BCUT2D eigenvalue weighted by molar-refractivity contribution is 5.69. The van der Waals surface area contributed by atoms with E-state index < -0.39 is 0 Å². The standard InChI is InChI=1S/C32H57N5O2/c1-4-5-6-7-8-9-10-11-13-16-19-22-25-33-26-23-20-17-14-12-15-18-21-24-27-37-31(38)29-30(34-28-35(29)2)36(3)32(37)39/h7-8,28,33H,4-6,9-27H2,1-3H3. The van der Waals surface area contributed by atoms with Crippen LogP contribution in [-0.4, -0.2) is 31.8 Å². The van der Waals surface area contributed by atoms with Gasteiger partial charge in [0, 0.05) is 20.6 Å². The summed E-state index contributed by atoms with van der Waals surface area (Å²) in [7, 11) is 3.48. The Labute approximate surface area is 237 Å². The summed E-state index contributed by atoms with van der Waals surface area (Å²) in [4.78, 5) is 29.5. The first-order valence-electron chi connectivity index (χ1n) is 16.0. The summed E-state index contributed by atoms with van der Waals surface area (Å²) >= 11 is 0. The predicted octanol–water partition coefficient (Wildman–Crippen LogP) is 7.01. The van der Waals surface area contributed by atoms with Crippen molar-refractivity contribution in [1.82, 2.24) is 24.0 Å². The van der Waals surface area contributed by atoms with Crippen LogP contribution in [0.3, 0.4) is 0 Å². The van der Waals surface area contributed by atoms with E-state index in [2.05, 4.69) is 29.4 Å². The third-order valence-electron chi connectivity index (χ3n) is 7.80. The largest absolute Gasteiger partial charge is 0.332 e. The zero-order chi connectivity index (χ0) is 28.1. The zero-order valence-electron chi connectivity index (χ0n) is 25.4. The minimum absolute atomic E-state index is 0.227. The third-order valence-corrected chi connectivity index (χ3v) is 7.80. The lowest BCUT2D eigenvalue weighted by Crippen LogP contribution is -2.39. The van der Waals surface area contributed by atoms with E-state index in [1.54, 1.807) is 25.0 Å². The summed E-state index contributed by atoms with van der Waals surface area (Å²) in [6.45, 7) is 5.07. The summed E-state index contributed by atoms with van der Waals surface area (Å²) in [6, 6.07) is 0. The van der Waals surface area contributed by atoms with Crippen LogP contribution in [0.2, 0.25) is 0 Å². The van der Waals surface area contributed by atoms with Crippen LogP contribution < -0.4 is 16.6 Å². The number of unbranched alkanes of at least 4 members (excludes halogenated alkanes) is 16. The molecule has 0 aliphatic rings. The molecule has 1 N–H and O–H groups in total. The number of imidazole rings is 1. The number of allylic oxidation sites excluding steroid dienone is 2. The molecule has 0 bridgehead atoms. The van der Waals surface area contributed by atoms with Gasteiger partial charge in [-0.15, -0.1) is 0 Å². The van der Waals surface area contributed by atoms with Crippen LogP contribution in [0.5, 0.6) is 0 Å². The molecule has 0 saturated carbocycles. The molecular formula is C32H57N5O2. The average molecular weight is 544 g/mol. The molecule has 0 aliphatic heterocycles. The Bertz CT molecular complexity index is 1050. The molecule has 2 aromatic heterocycles. The maximum atomic E-state index is 12.7. The van der Waals surface area contributed by atoms with Crippen molar-refractivity contribution >= 4 is 11.2 Å². The second kappa shape index (κ2) is 20.7. The van der Waals surface area contributed by atoms with Gasteiger partial charge in [0.25, 0.3) is 5.56 Å². The summed E-state index contributed by atoms with van der Waals surface area (Å²) in [5, 5.41) is 3.62. The molecule has 222 valence electrons. The lowest BCUT2D eigenvalue weighted by molar-refractivity contribution is 0.510. The topological polar surface area (TPSA) is 73.8 Å². The molecule has 0 radical (unpaired) electrons. The van der Waals surface area contributed by atoms with Crippen molar-refractivity contribution in [3.8, 4) is 0 Å². The number of nitrogens with one attached hydrogen (secondary N) is 1. The Morgan fingerprint density at radius 2 is 1.23 bits per heavy atom. The molecule has 0 amide bonds. The lowest BCUT2D eigenvalue weighted by Gasteiger charge is -2.08. The Balaban J connectivity index is 1.34. The zero-order valence-corrected chi connectivity index (χ0v) is 25.4. The van der Waals surface area contributed by atoms with Crippen molar-refractivity contribution in [2.75, 3.05) is 13.1 Å². The first-order chi connectivity index (χ1) is 19.1. The number of hydrogen-bond donors (Lipinski definition) is 1.